The summed E-state index contributed by atoms with van der Waals surface area (Å²) in [7, 11) is 0. The van der Waals surface area contributed by atoms with E-state index in [1.165, 1.54) is 0 Å². The van der Waals surface area contributed by atoms with Crippen LogP contribution in [0.5, 0.6) is 0 Å². The molecule has 0 saturated carbocycles. The molecule has 0 saturated heterocycles. The second-order valence-corrected chi connectivity index (χ2v) is 5.11. The molecule has 2 rings (SSSR count). The summed E-state index contributed by atoms with van der Waals surface area (Å²) < 4.78 is 0. The van der Waals surface area contributed by atoms with Crippen molar-refractivity contribution < 1.29 is 0 Å². The molecule has 1 unspecified atom stereocenters. The molecule has 0 bridgehead atoms. The van der Waals surface area contributed by atoms with Gasteiger partial charge in [0.2, 0.25) is 0 Å². The normalized spacial score (nSPS) is 12.2. The first-order valence-corrected chi connectivity index (χ1v) is 6.61. The first-order chi connectivity index (χ1) is 8.59. The van der Waals surface area contributed by atoms with E-state index < -0.39 is 0 Å². The van der Waals surface area contributed by atoms with Crippen molar-refractivity contribution in [2.24, 2.45) is 0 Å². The van der Waals surface area contributed by atoms with Crippen molar-refractivity contribution >= 4 is 28.9 Å². The number of rotatable bonds is 3. The minimum atomic E-state index is 0.135. The van der Waals surface area contributed by atoms with Gasteiger partial charge in [-0.15, -0.1) is 0 Å². The number of hydrogen-bond donors (Lipinski definition) is 1. The molecule has 0 aliphatic heterocycles. The van der Waals surface area contributed by atoms with Gasteiger partial charge in [-0.3, -0.25) is 0 Å². The molecule has 3 heteroatoms. The second kappa shape index (κ2) is 5.64. The zero-order valence-electron chi connectivity index (χ0n) is 10.4. The van der Waals surface area contributed by atoms with Gasteiger partial charge < -0.3 is 5.32 Å². The van der Waals surface area contributed by atoms with E-state index in [2.05, 4.69) is 12.2 Å². The maximum absolute atomic E-state index is 6.19. The van der Waals surface area contributed by atoms with Crippen molar-refractivity contribution in [3.8, 4) is 0 Å². The van der Waals surface area contributed by atoms with Crippen LogP contribution < -0.4 is 5.32 Å². The highest BCUT2D eigenvalue weighted by Gasteiger charge is 2.10. The molecule has 1 N–H and O–H groups in total. The summed E-state index contributed by atoms with van der Waals surface area (Å²) in [6.45, 7) is 4.09. The van der Waals surface area contributed by atoms with E-state index in [9.17, 15) is 0 Å². The zero-order chi connectivity index (χ0) is 13.1. The Labute approximate surface area is 118 Å². The molecule has 0 aromatic heterocycles. The van der Waals surface area contributed by atoms with Gasteiger partial charge in [0.15, 0.2) is 0 Å². The van der Waals surface area contributed by atoms with Crippen LogP contribution in [0.4, 0.5) is 5.69 Å². The highest BCUT2D eigenvalue weighted by Crippen LogP contribution is 2.29. The minimum absolute atomic E-state index is 0.135. The maximum Gasteiger partial charge on any atom is 0.0500 e. The third-order valence-corrected chi connectivity index (χ3v) is 3.77. The van der Waals surface area contributed by atoms with E-state index in [4.69, 9.17) is 23.2 Å². The third-order valence-electron chi connectivity index (χ3n) is 3.01. The van der Waals surface area contributed by atoms with Gasteiger partial charge in [-0.1, -0.05) is 47.5 Å². The molecule has 0 aliphatic rings. The standard InChI is InChI=1S/C15H15Cl2N/c1-10-13(16)8-5-9-15(10)18-11(2)12-6-3-4-7-14(12)17/h3-9,11,18H,1-2H3. The van der Waals surface area contributed by atoms with Crippen molar-refractivity contribution in [3.63, 3.8) is 0 Å². The van der Waals surface area contributed by atoms with Crippen molar-refractivity contribution in [1.82, 2.24) is 0 Å². The maximum atomic E-state index is 6.19. The van der Waals surface area contributed by atoms with Gasteiger partial charge in [-0.25, -0.2) is 0 Å². The van der Waals surface area contributed by atoms with E-state index in [-0.39, 0.29) is 6.04 Å². The van der Waals surface area contributed by atoms with E-state index in [0.29, 0.717) is 0 Å². The Morgan fingerprint density at radius 3 is 2.33 bits per heavy atom. The number of anilines is 1. The highest BCUT2D eigenvalue weighted by molar-refractivity contribution is 6.32. The molecule has 0 radical (unpaired) electrons. The lowest BCUT2D eigenvalue weighted by Gasteiger charge is -2.19. The summed E-state index contributed by atoms with van der Waals surface area (Å²) in [5, 5.41) is 4.98. The van der Waals surface area contributed by atoms with Crippen molar-refractivity contribution in [2.45, 2.75) is 19.9 Å². The first kappa shape index (κ1) is 13.3. The SMILES string of the molecule is Cc1c(Cl)cccc1NC(C)c1ccccc1Cl. The van der Waals surface area contributed by atoms with Crippen LogP contribution in [-0.4, -0.2) is 0 Å². The van der Waals surface area contributed by atoms with Crippen LogP contribution in [0.25, 0.3) is 0 Å². The molecule has 1 atom stereocenters. The van der Waals surface area contributed by atoms with Gasteiger partial charge in [0.05, 0.1) is 0 Å². The fraction of sp³-hybridized carbons (Fsp3) is 0.200. The second-order valence-electron chi connectivity index (χ2n) is 4.30. The molecular formula is C15H15Cl2N. The molecule has 0 heterocycles. The fourth-order valence-electron chi connectivity index (χ4n) is 1.90. The molecule has 0 spiro atoms. The fourth-order valence-corrected chi connectivity index (χ4v) is 2.38. The minimum Gasteiger partial charge on any atom is -0.378 e. The van der Waals surface area contributed by atoms with Crippen molar-refractivity contribution in [1.29, 1.82) is 0 Å². The average Bonchev–Trinajstić information content (AvgIpc) is 2.35. The topological polar surface area (TPSA) is 12.0 Å². The smallest absolute Gasteiger partial charge is 0.0500 e. The van der Waals surface area contributed by atoms with E-state index in [0.717, 1.165) is 26.9 Å². The molecule has 18 heavy (non-hydrogen) atoms. The largest absolute Gasteiger partial charge is 0.378 e. The molecule has 0 amide bonds. The van der Waals surface area contributed by atoms with Crippen LogP contribution >= 0.6 is 23.2 Å². The van der Waals surface area contributed by atoms with E-state index in [1.54, 1.807) is 0 Å². The Balaban J connectivity index is 2.24. The van der Waals surface area contributed by atoms with Crippen LogP contribution in [0.3, 0.4) is 0 Å². The molecule has 2 aromatic carbocycles. The number of nitrogens with one attached hydrogen (secondary N) is 1. The lowest BCUT2D eigenvalue weighted by Crippen LogP contribution is -2.08. The van der Waals surface area contributed by atoms with Crippen LogP contribution in [0.2, 0.25) is 10.0 Å². The molecular weight excluding hydrogens is 265 g/mol. The van der Waals surface area contributed by atoms with Gasteiger partial charge in [0, 0.05) is 21.8 Å². The van der Waals surface area contributed by atoms with Crippen LogP contribution in [0.15, 0.2) is 42.5 Å². The quantitative estimate of drug-likeness (QED) is 0.785. The van der Waals surface area contributed by atoms with Gasteiger partial charge in [-0.05, 0) is 43.2 Å². The van der Waals surface area contributed by atoms with Gasteiger partial charge >= 0.3 is 0 Å². The molecule has 1 nitrogen and oxygen atoms in total. The summed E-state index contributed by atoms with van der Waals surface area (Å²) in [5.74, 6) is 0. The van der Waals surface area contributed by atoms with Crippen molar-refractivity contribution in [3.05, 3.63) is 63.6 Å². The van der Waals surface area contributed by atoms with E-state index in [1.807, 2.05) is 49.4 Å². The Kier molecular flexibility index (Phi) is 4.15. The van der Waals surface area contributed by atoms with Gasteiger partial charge in [0.1, 0.15) is 0 Å². The summed E-state index contributed by atoms with van der Waals surface area (Å²) in [5.41, 5.74) is 3.17. The van der Waals surface area contributed by atoms with Gasteiger partial charge in [0.25, 0.3) is 0 Å². The summed E-state index contributed by atoms with van der Waals surface area (Å²) >= 11 is 12.3. The predicted molar refractivity (Wildman–Crippen MR) is 79.7 cm³/mol. The van der Waals surface area contributed by atoms with Crippen LogP contribution in [0.1, 0.15) is 24.1 Å². The molecule has 0 aliphatic carbocycles. The van der Waals surface area contributed by atoms with E-state index >= 15 is 0 Å². The van der Waals surface area contributed by atoms with Crippen LogP contribution in [0, 0.1) is 6.92 Å². The van der Waals surface area contributed by atoms with Crippen LogP contribution in [-0.2, 0) is 0 Å². The Hall–Kier alpha value is -1.18. The monoisotopic (exact) mass is 279 g/mol. The number of hydrogen-bond acceptors (Lipinski definition) is 1. The lowest BCUT2D eigenvalue weighted by molar-refractivity contribution is 0.883. The number of halogens is 2. The average molecular weight is 280 g/mol. The Morgan fingerprint density at radius 1 is 0.944 bits per heavy atom. The molecule has 2 aromatic rings. The first-order valence-electron chi connectivity index (χ1n) is 5.85. The predicted octanol–water partition coefficient (Wildman–Crippen LogP) is 5.47. The molecule has 0 fully saturated rings. The highest BCUT2D eigenvalue weighted by atomic mass is 35.5. The number of benzene rings is 2. The molecule has 94 valence electrons. The Morgan fingerprint density at radius 2 is 1.61 bits per heavy atom. The summed E-state index contributed by atoms with van der Waals surface area (Å²) in [6.07, 6.45) is 0. The zero-order valence-corrected chi connectivity index (χ0v) is 11.9. The van der Waals surface area contributed by atoms with Crippen molar-refractivity contribution in [2.75, 3.05) is 5.32 Å². The summed E-state index contributed by atoms with van der Waals surface area (Å²) in [4.78, 5) is 0. The lowest BCUT2D eigenvalue weighted by atomic mass is 10.1. The Bertz CT molecular complexity index is 552. The summed E-state index contributed by atoms with van der Waals surface area (Å²) in [6, 6.07) is 13.8. The third kappa shape index (κ3) is 2.80. The van der Waals surface area contributed by atoms with Gasteiger partial charge in [-0.2, -0.15) is 0 Å².